The molecule has 106 valence electrons. The third-order valence-corrected chi connectivity index (χ3v) is 3.13. The summed E-state index contributed by atoms with van der Waals surface area (Å²) in [7, 11) is 0. The molecule has 0 aliphatic carbocycles. The Bertz CT molecular complexity index is 587. The average molecular weight is 346 g/mol. The molecule has 3 nitrogen and oxygen atoms in total. The fraction of sp³-hybridized carbons (Fsp3) is 0.231. The smallest absolute Gasteiger partial charge is 0.363 e. The number of hydrogen-bond donors (Lipinski definition) is 1. The Hall–Kier alpha value is -1.63. The van der Waals surface area contributed by atoms with Gasteiger partial charge in [-0.2, -0.15) is 13.2 Å². The van der Waals surface area contributed by atoms with E-state index >= 15 is 0 Å². The van der Waals surface area contributed by atoms with E-state index in [9.17, 15) is 13.2 Å². The quantitative estimate of drug-likeness (QED) is 0.893. The van der Waals surface area contributed by atoms with E-state index in [1.54, 1.807) is 31.5 Å². The van der Waals surface area contributed by atoms with Crippen LogP contribution >= 0.6 is 15.9 Å². The van der Waals surface area contributed by atoms with Gasteiger partial charge in [-0.25, -0.2) is 4.98 Å². The molecule has 0 spiro atoms. The molecule has 1 N–H and O–H groups in total. The lowest BCUT2D eigenvalue weighted by Crippen LogP contribution is -2.15. The molecule has 0 saturated heterocycles. The number of alkyl halides is 3. The minimum Gasteiger partial charge on any atom is -0.363 e. The van der Waals surface area contributed by atoms with Crippen LogP contribution in [0.1, 0.15) is 24.1 Å². The van der Waals surface area contributed by atoms with Gasteiger partial charge in [-0.3, -0.25) is 4.98 Å². The Balaban J connectivity index is 2.30. The molecule has 2 rings (SSSR count). The van der Waals surface area contributed by atoms with Crippen LogP contribution in [0.25, 0.3) is 0 Å². The molecule has 0 aliphatic rings. The number of hydrogen-bond acceptors (Lipinski definition) is 3. The summed E-state index contributed by atoms with van der Waals surface area (Å²) in [5.41, 5.74) is -0.0204. The molecule has 2 aromatic heterocycles. The van der Waals surface area contributed by atoms with Gasteiger partial charge in [0.15, 0.2) is 0 Å². The fourth-order valence-corrected chi connectivity index (χ4v) is 2.02. The topological polar surface area (TPSA) is 37.8 Å². The normalized spacial score (nSPS) is 13.1. The maximum absolute atomic E-state index is 13.0. The van der Waals surface area contributed by atoms with Gasteiger partial charge in [-0.15, -0.1) is 0 Å². The van der Waals surface area contributed by atoms with Crippen LogP contribution in [0.3, 0.4) is 0 Å². The monoisotopic (exact) mass is 345 g/mol. The first-order valence-electron chi connectivity index (χ1n) is 5.77. The van der Waals surface area contributed by atoms with Crippen molar-refractivity contribution in [3.63, 3.8) is 0 Å². The minimum absolute atomic E-state index is 0.197. The second-order valence-corrected chi connectivity index (χ2v) is 5.12. The SMILES string of the molecule is CC(Nc1ncc(Br)cc1C(F)(F)F)c1cccnc1. The van der Waals surface area contributed by atoms with Gasteiger partial charge >= 0.3 is 6.18 Å². The van der Waals surface area contributed by atoms with Crippen molar-refractivity contribution in [1.29, 1.82) is 0 Å². The Morgan fingerprint density at radius 3 is 2.65 bits per heavy atom. The molecule has 0 aromatic carbocycles. The van der Waals surface area contributed by atoms with Crippen LogP contribution in [-0.2, 0) is 6.18 Å². The van der Waals surface area contributed by atoms with Gasteiger partial charge in [0, 0.05) is 23.1 Å². The highest BCUT2D eigenvalue weighted by molar-refractivity contribution is 9.10. The summed E-state index contributed by atoms with van der Waals surface area (Å²) in [6.07, 6.45) is 0.0698. The molecule has 0 amide bonds. The van der Waals surface area contributed by atoms with Crippen LogP contribution in [0.2, 0.25) is 0 Å². The van der Waals surface area contributed by atoms with Gasteiger partial charge in [0.1, 0.15) is 5.82 Å². The van der Waals surface area contributed by atoms with E-state index in [0.29, 0.717) is 0 Å². The molecule has 0 aliphatic heterocycles. The highest BCUT2D eigenvalue weighted by Gasteiger charge is 2.35. The Labute approximate surface area is 122 Å². The summed E-state index contributed by atoms with van der Waals surface area (Å²) in [6.45, 7) is 1.75. The van der Waals surface area contributed by atoms with Crippen molar-refractivity contribution >= 4 is 21.7 Å². The standard InChI is InChI=1S/C13H11BrF3N3/c1-8(9-3-2-4-18-6-9)20-12-11(13(15,16)17)5-10(14)7-19-12/h2-8H,1H3,(H,19,20). The zero-order valence-corrected chi connectivity index (χ0v) is 12.0. The minimum atomic E-state index is -4.46. The van der Waals surface area contributed by atoms with Gasteiger partial charge < -0.3 is 5.32 Å². The van der Waals surface area contributed by atoms with Crippen molar-refractivity contribution < 1.29 is 13.2 Å². The first-order valence-corrected chi connectivity index (χ1v) is 6.56. The fourth-order valence-electron chi connectivity index (χ4n) is 1.69. The maximum atomic E-state index is 13.0. The highest BCUT2D eigenvalue weighted by Crippen LogP contribution is 2.36. The summed E-state index contributed by atoms with van der Waals surface area (Å²) in [5, 5.41) is 2.77. The van der Waals surface area contributed by atoms with Gasteiger partial charge in [-0.05, 0) is 40.5 Å². The van der Waals surface area contributed by atoms with Crippen LogP contribution in [0, 0.1) is 0 Å². The van der Waals surface area contributed by atoms with Crippen molar-refractivity contribution in [2.75, 3.05) is 5.32 Å². The van der Waals surface area contributed by atoms with Crippen LogP contribution in [0.15, 0.2) is 41.3 Å². The second kappa shape index (κ2) is 5.78. The van der Waals surface area contributed by atoms with E-state index in [1.165, 1.54) is 6.20 Å². The lowest BCUT2D eigenvalue weighted by Gasteiger charge is -2.18. The van der Waals surface area contributed by atoms with Crippen molar-refractivity contribution in [2.45, 2.75) is 19.1 Å². The third-order valence-electron chi connectivity index (χ3n) is 2.70. The first-order chi connectivity index (χ1) is 9.38. The van der Waals surface area contributed by atoms with Crippen molar-refractivity contribution in [3.8, 4) is 0 Å². The van der Waals surface area contributed by atoms with Crippen molar-refractivity contribution in [3.05, 3.63) is 52.4 Å². The van der Waals surface area contributed by atoms with Crippen LogP contribution < -0.4 is 5.32 Å². The number of rotatable bonds is 3. The van der Waals surface area contributed by atoms with E-state index in [4.69, 9.17) is 0 Å². The summed E-state index contributed by atoms with van der Waals surface area (Å²) in [4.78, 5) is 7.75. The average Bonchev–Trinajstić information content (AvgIpc) is 2.40. The zero-order chi connectivity index (χ0) is 14.8. The largest absolute Gasteiger partial charge is 0.419 e. The van der Waals surface area contributed by atoms with Crippen LogP contribution in [-0.4, -0.2) is 9.97 Å². The van der Waals surface area contributed by atoms with E-state index in [1.807, 2.05) is 0 Å². The molecule has 0 saturated carbocycles. The number of aromatic nitrogens is 2. The molecule has 0 fully saturated rings. The molecule has 2 heterocycles. The molecular formula is C13H11BrF3N3. The van der Waals surface area contributed by atoms with Crippen LogP contribution in [0.4, 0.5) is 19.0 Å². The van der Waals surface area contributed by atoms with E-state index in [2.05, 4.69) is 31.2 Å². The molecule has 0 bridgehead atoms. The predicted molar refractivity (Wildman–Crippen MR) is 73.2 cm³/mol. The molecule has 1 atom stereocenters. The maximum Gasteiger partial charge on any atom is 0.419 e. The molecular weight excluding hydrogens is 335 g/mol. The number of pyridine rings is 2. The predicted octanol–water partition coefficient (Wildman–Crippen LogP) is 4.43. The number of halogens is 4. The van der Waals surface area contributed by atoms with Crippen molar-refractivity contribution in [2.24, 2.45) is 0 Å². The number of nitrogens with zero attached hydrogens (tertiary/aromatic N) is 2. The summed E-state index contributed by atoms with van der Waals surface area (Å²) in [5.74, 6) is -0.197. The van der Waals surface area contributed by atoms with Crippen LogP contribution in [0.5, 0.6) is 0 Å². The lowest BCUT2D eigenvalue weighted by molar-refractivity contribution is -0.137. The molecule has 1 unspecified atom stereocenters. The lowest BCUT2D eigenvalue weighted by atomic mass is 10.1. The third kappa shape index (κ3) is 3.47. The number of anilines is 1. The number of nitrogens with one attached hydrogen (secondary N) is 1. The molecule has 20 heavy (non-hydrogen) atoms. The van der Waals surface area contributed by atoms with Gasteiger partial charge in [0.25, 0.3) is 0 Å². The molecule has 0 radical (unpaired) electrons. The summed E-state index contributed by atoms with van der Waals surface area (Å²) in [6, 6.07) is 4.19. The van der Waals surface area contributed by atoms with Crippen molar-refractivity contribution in [1.82, 2.24) is 9.97 Å². The first kappa shape index (κ1) is 14.8. The summed E-state index contributed by atoms with van der Waals surface area (Å²) >= 11 is 3.00. The van der Waals surface area contributed by atoms with E-state index in [-0.39, 0.29) is 16.3 Å². The molecule has 7 heteroatoms. The Kier molecular flexibility index (Phi) is 4.27. The summed E-state index contributed by atoms with van der Waals surface area (Å²) < 4.78 is 39.2. The zero-order valence-electron chi connectivity index (χ0n) is 10.4. The van der Waals surface area contributed by atoms with Gasteiger partial charge in [0.2, 0.25) is 0 Å². The second-order valence-electron chi connectivity index (χ2n) is 4.20. The Morgan fingerprint density at radius 2 is 2.05 bits per heavy atom. The van der Waals surface area contributed by atoms with E-state index < -0.39 is 11.7 Å². The van der Waals surface area contributed by atoms with Gasteiger partial charge in [0.05, 0.1) is 11.6 Å². The van der Waals surface area contributed by atoms with E-state index in [0.717, 1.165) is 11.6 Å². The highest BCUT2D eigenvalue weighted by atomic mass is 79.9. The Morgan fingerprint density at radius 1 is 1.30 bits per heavy atom. The van der Waals surface area contributed by atoms with Gasteiger partial charge in [-0.1, -0.05) is 6.07 Å². The molecule has 2 aromatic rings.